The van der Waals surface area contributed by atoms with Crippen molar-refractivity contribution in [1.82, 2.24) is 4.57 Å². The Balaban J connectivity index is 1.64. The number of thiazole rings is 1. The molecule has 5 rings (SSSR count). The second-order valence-electron chi connectivity index (χ2n) is 9.18. The van der Waals surface area contributed by atoms with E-state index < -0.39 is 18.0 Å². The fraction of sp³-hybridized carbons (Fsp3) is 0.161. The zero-order valence-corrected chi connectivity index (χ0v) is 25.3. The summed E-state index contributed by atoms with van der Waals surface area (Å²) in [6.45, 7) is 6.57. The third-order valence-electron chi connectivity index (χ3n) is 6.36. The quantitative estimate of drug-likeness (QED) is 0.152. The number of halogens is 1. The molecular formula is C31H25BrN2O7S. The fourth-order valence-electron chi connectivity index (χ4n) is 4.53. The van der Waals surface area contributed by atoms with Crippen LogP contribution in [0.2, 0.25) is 0 Å². The molecule has 214 valence electrons. The summed E-state index contributed by atoms with van der Waals surface area (Å²) in [5.74, 6) is 0.459. The molecule has 0 aliphatic carbocycles. The van der Waals surface area contributed by atoms with E-state index in [0.717, 1.165) is 10.0 Å². The minimum Gasteiger partial charge on any atom is -0.493 e. The van der Waals surface area contributed by atoms with Gasteiger partial charge in [-0.2, -0.15) is 0 Å². The number of aromatic nitrogens is 1. The SMILES string of the molecule is C=CCOC(=O)C1=C(C)N=c2sc(=Cc3ccc(-c4ccc(Br)cc4)o3)c(=O)n2C1c1ccc(OC(C)=O)c(OC)c1. The van der Waals surface area contributed by atoms with Crippen molar-refractivity contribution in [2.24, 2.45) is 4.99 Å². The Morgan fingerprint density at radius 3 is 2.60 bits per heavy atom. The van der Waals surface area contributed by atoms with Gasteiger partial charge >= 0.3 is 11.9 Å². The van der Waals surface area contributed by atoms with Gasteiger partial charge in [-0.05, 0) is 48.9 Å². The molecule has 11 heteroatoms. The Bertz CT molecular complexity index is 1920. The lowest BCUT2D eigenvalue weighted by molar-refractivity contribution is -0.138. The molecule has 1 aliphatic rings. The van der Waals surface area contributed by atoms with E-state index in [1.807, 2.05) is 30.3 Å². The molecule has 42 heavy (non-hydrogen) atoms. The number of fused-ring (bicyclic) bond motifs is 1. The predicted octanol–water partition coefficient (Wildman–Crippen LogP) is 4.92. The van der Waals surface area contributed by atoms with E-state index in [1.165, 1.54) is 36.0 Å². The van der Waals surface area contributed by atoms with Crippen LogP contribution in [0.25, 0.3) is 17.4 Å². The highest BCUT2D eigenvalue weighted by Crippen LogP contribution is 2.36. The van der Waals surface area contributed by atoms with Gasteiger partial charge in [0.25, 0.3) is 5.56 Å². The van der Waals surface area contributed by atoms with Crippen molar-refractivity contribution in [2.45, 2.75) is 19.9 Å². The average molecular weight is 650 g/mol. The summed E-state index contributed by atoms with van der Waals surface area (Å²) in [4.78, 5) is 43.8. The standard InChI is InChI=1S/C31H25BrN2O7S/c1-5-14-39-30(37)27-17(2)33-31-34(28(27)20-8-12-24(40-18(3)35)25(15-20)38-4)29(36)26(42-31)16-22-11-13-23(41-22)19-6-9-21(32)10-7-19/h5-13,15-16,28H,1,14H2,2-4H3. The van der Waals surface area contributed by atoms with Crippen molar-refractivity contribution in [1.29, 1.82) is 0 Å². The topological polar surface area (TPSA) is 109 Å². The molecule has 2 aromatic carbocycles. The summed E-state index contributed by atoms with van der Waals surface area (Å²) in [7, 11) is 1.43. The van der Waals surface area contributed by atoms with Gasteiger partial charge in [-0.15, -0.1) is 0 Å². The van der Waals surface area contributed by atoms with E-state index in [4.69, 9.17) is 18.6 Å². The normalized spacial score (nSPS) is 14.7. The molecule has 2 aromatic heterocycles. The zero-order valence-electron chi connectivity index (χ0n) is 22.9. The van der Waals surface area contributed by atoms with E-state index in [9.17, 15) is 14.4 Å². The van der Waals surface area contributed by atoms with E-state index in [-0.39, 0.29) is 29.2 Å². The minimum atomic E-state index is -0.893. The van der Waals surface area contributed by atoms with Gasteiger partial charge in [0.15, 0.2) is 16.3 Å². The minimum absolute atomic E-state index is 0.0132. The van der Waals surface area contributed by atoms with Gasteiger partial charge in [0.2, 0.25) is 0 Å². The number of hydrogen-bond donors (Lipinski definition) is 0. The molecular weight excluding hydrogens is 624 g/mol. The number of hydrogen-bond acceptors (Lipinski definition) is 9. The monoisotopic (exact) mass is 648 g/mol. The van der Waals surface area contributed by atoms with Gasteiger partial charge in [-0.3, -0.25) is 14.2 Å². The van der Waals surface area contributed by atoms with Crippen LogP contribution in [0.5, 0.6) is 11.5 Å². The van der Waals surface area contributed by atoms with Crippen molar-refractivity contribution in [3.05, 3.63) is 114 Å². The summed E-state index contributed by atoms with van der Waals surface area (Å²) in [5, 5.41) is 0. The first-order valence-corrected chi connectivity index (χ1v) is 14.3. The van der Waals surface area contributed by atoms with E-state index in [2.05, 4.69) is 27.5 Å². The van der Waals surface area contributed by atoms with Gasteiger partial charge in [0.1, 0.15) is 18.1 Å². The first-order chi connectivity index (χ1) is 20.2. The third-order valence-corrected chi connectivity index (χ3v) is 7.87. The first kappa shape index (κ1) is 29.0. The highest BCUT2D eigenvalue weighted by atomic mass is 79.9. The van der Waals surface area contributed by atoms with Crippen LogP contribution in [0.3, 0.4) is 0 Å². The predicted molar refractivity (Wildman–Crippen MR) is 161 cm³/mol. The molecule has 1 atom stereocenters. The molecule has 1 unspecified atom stereocenters. The molecule has 0 radical (unpaired) electrons. The second-order valence-corrected chi connectivity index (χ2v) is 11.1. The molecule has 0 amide bonds. The van der Waals surface area contributed by atoms with Crippen molar-refractivity contribution in [3.8, 4) is 22.8 Å². The van der Waals surface area contributed by atoms with Gasteiger partial charge in [-0.25, -0.2) is 9.79 Å². The van der Waals surface area contributed by atoms with Crippen LogP contribution in [0.15, 0.2) is 97.2 Å². The molecule has 1 aliphatic heterocycles. The van der Waals surface area contributed by atoms with Crippen LogP contribution < -0.4 is 24.4 Å². The Morgan fingerprint density at radius 2 is 1.90 bits per heavy atom. The Labute approximate surface area is 252 Å². The van der Waals surface area contributed by atoms with Crippen molar-refractivity contribution in [2.75, 3.05) is 13.7 Å². The molecule has 3 heterocycles. The lowest BCUT2D eigenvalue weighted by Gasteiger charge is -2.25. The van der Waals surface area contributed by atoms with Crippen molar-refractivity contribution in [3.63, 3.8) is 0 Å². The van der Waals surface area contributed by atoms with Gasteiger partial charge in [0.05, 0.1) is 29.0 Å². The number of nitrogens with zero attached hydrogens (tertiary/aromatic N) is 2. The molecule has 4 aromatic rings. The van der Waals surface area contributed by atoms with Crippen LogP contribution in [-0.4, -0.2) is 30.2 Å². The highest BCUT2D eigenvalue weighted by Gasteiger charge is 2.34. The summed E-state index contributed by atoms with van der Waals surface area (Å²) >= 11 is 4.61. The lowest BCUT2D eigenvalue weighted by Crippen LogP contribution is -2.40. The van der Waals surface area contributed by atoms with Crippen LogP contribution in [0, 0.1) is 0 Å². The second kappa shape index (κ2) is 12.2. The molecule has 0 saturated carbocycles. The van der Waals surface area contributed by atoms with Crippen molar-refractivity contribution < 1.29 is 28.2 Å². The molecule has 0 N–H and O–H groups in total. The largest absolute Gasteiger partial charge is 0.493 e. The summed E-state index contributed by atoms with van der Waals surface area (Å²) in [6.07, 6.45) is 3.11. The van der Waals surface area contributed by atoms with E-state index in [0.29, 0.717) is 32.1 Å². The van der Waals surface area contributed by atoms with Gasteiger partial charge in [-0.1, -0.05) is 58.1 Å². The number of benzene rings is 2. The Hall–Kier alpha value is -4.48. The van der Waals surface area contributed by atoms with Crippen LogP contribution in [0.1, 0.15) is 31.2 Å². The number of carbonyl (C=O) groups excluding carboxylic acids is 2. The molecule has 9 nitrogen and oxygen atoms in total. The number of allylic oxidation sites excluding steroid dienone is 1. The smallest absolute Gasteiger partial charge is 0.338 e. The number of methoxy groups -OCH3 is 1. The number of carbonyl (C=O) groups is 2. The molecule has 0 spiro atoms. The van der Waals surface area contributed by atoms with Crippen LogP contribution in [-0.2, 0) is 14.3 Å². The van der Waals surface area contributed by atoms with Crippen LogP contribution >= 0.6 is 27.3 Å². The average Bonchev–Trinajstić information content (AvgIpc) is 3.55. The third kappa shape index (κ3) is 5.79. The van der Waals surface area contributed by atoms with Crippen LogP contribution in [0.4, 0.5) is 0 Å². The molecule has 0 saturated heterocycles. The van der Waals surface area contributed by atoms with Gasteiger partial charge in [0, 0.05) is 23.0 Å². The fourth-order valence-corrected chi connectivity index (χ4v) is 5.82. The number of esters is 2. The Kier molecular flexibility index (Phi) is 8.41. The Morgan fingerprint density at radius 1 is 1.14 bits per heavy atom. The van der Waals surface area contributed by atoms with Gasteiger partial charge < -0.3 is 18.6 Å². The summed E-state index contributed by atoms with van der Waals surface area (Å²) < 4.78 is 24.9. The number of ether oxygens (including phenoxy) is 3. The molecule has 0 bridgehead atoms. The first-order valence-electron chi connectivity index (χ1n) is 12.7. The zero-order chi connectivity index (χ0) is 30.0. The maximum absolute atomic E-state index is 13.9. The number of rotatable bonds is 8. The highest BCUT2D eigenvalue weighted by molar-refractivity contribution is 9.10. The summed E-state index contributed by atoms with van der Waals surface area (Å²) in [5.41, 5.74) is 1.65. The van der Waals surface area contributed by atoms with E-state index in [1.54, 1.807) is 37.3 Å². The lowest BCUT2D eigenvalue weighted by atomic mass is 9.95. The van der Waals surface area contributed by atoms with Crippen molar-refractivity contribution >= 4 is 45.3 Å². The number of furan rings is 1. The maximum atomic E-state index is 13.9. The van der Waals surface area contributed by atoms with E-state index >= 15 is 0 Å². The maximum Gasteiger partial charge on any atom is 0.338 e. The molecule has 0 fully saturated rings. The summed E-state index contributed by atoms with van der Waals surface area (Å²) in [6, 6.07) is 15.3.